The summed E-state index contributed by atoms with van der Waals surface area (Å²) in [6.45, 7) is 3.91. The minimum absolute atomic E-state index is 0.00349. The molecule has 8 heteroatoms. The van der Waals surface area contributed by atoms with E-state index in [9.17, 15) is 13.2 Å². The minimum Gasteiger partial charge on any atom is -0.350 e. The Bertz CT molecular complexity index is 963. The first kappa shape index (κ1) is 17.6. The lowest BCUT2D eigenvalue weighted by Crippen LogP contribution is -2.63. The molecular formula is C18H21N3O3S2. The van der Waals surface area contributed by atoms with Crippen LogP contribution in [0.3, 0.4) is 0 Å². The Morgan fingerprint density at radius 1 is 1.42 bits per heavy atom. The summed E-state index contributed by atoms with van der Waals surface area (Å²) in [6, 6.07) is 5.13. The molecule has 4 rings (SSSR count). The van der Waals surface area contributed by atoms with Crippen LogP contribution in [-0.4, -0.2) is 41.7 Å². The van der Waals surface area contributed by atoms with Gasteiger partial charge in [-0.3, -0.25) is 4.79 Å². The third-order valence-electron chi connectivity index (χ3n) is 5.54. The standard InChI is InChI=1S/C18H21N3O3S2/c1-2-17(22)20-13-6-9-21(18(11-13)7-3-8-18)26(23,24)14-4-5-15-16(10-14)25-12-19-15/h2,4-5,10,12-13H,1,3,6-9,11H2,(H,20,22). The number of piperidine rings is 1. The molecule has 26 heavy (non-hydrogen) atoms. The van der Waals surface area contributed by atoms with Gasteiger partial charge in [-0.05, 0) is 56.4 Å². The third-order valence-corrected chi connectivity index (χ3v) is 8.33. The first-order chi connectivity index (χ1) is 12.4. The molecule has 1 atom stereocenters. The largest absolute Gasteiger partial charge is 0.350 e. The van der Waals surface area contributed by atoms with E-state index >= 15 is 0 Å². The van der Waals surface area contributed by atoms with Gasteiger partial charge in [0, 0.05) is 18.1 Å². The molecule has 1 saturated carbocycles. The van der Waals surface area contributed by atoms with Gasteiger partial charge in [-0.15, -0.1) is 11.3 Å². The number of amides is 1. The second-order valence-corrected chi connectivity index (χ2v) is 9.79. The fraction of sp³-hybridized carbons (Fsp3) is 0.444. The van der Waals surface area contributed by atoms with Crippen molar-refractivity contribution in [3.8, 4) is 0 Å². The average molecular weight is 392 g/mol. The molecule has 6 nitrogen and oxygen atoms in total. The van der Waals surface area contributed by atoms with Crippen LogP contribution in [0.1, 0.15) is 32.1 Å². The minimum atomic E-state index is -3.58. The topological polar surface area (TPSA) is 79.4 Å². The Kier molecular flexibility index (Phi) is 4.37. The molecule has 2 heterocycles. The molecule has 1 saturated heterocycles. The number of hydrogen-bond donors (Lipinski definition) is 1. The molecule has 1 N–H and O–H groups in total. The van der Waals surface area contributed by atoms with Gasteiger partial charge in [-0.1, -0.05) is 6.58 Å². The van der Waals surface area contributed by atoms with Gasteiger partial charge >= 0.3 is 0 Å². The van der Waals surface area contributed by atoms with E-state index in [1.807, 2.05) is 0 Å². The van der Waals surface area contributed by atoms with Gasteiger partial charge in [-0.25, -0.2) is 13.4 Å². The van der Waals surface area contributed by atoms with Crippen LogP contribution in [0.25, 0.3) is 10.2 Å². The lowest BCUT2D eigenvalue weighted by Gasteiger charge is -2.54. The summed E-state index contributed by atoms with van der Waals surface area (Å²) in [6.07, 6.45) is 5.24. The van der Waals surface area contributed by atoms with Gasteiger partial charge in [0.2, 0.25) is 15.9 Å². The maximum atomic E-state index is 13.4. The molecule has 1 aliphatic heterocycles. The molecular weight excluding hydrogens is 370 g/mol. The van der Waals surface area contributed by atoms with Gasteiger partial charge in [0.25, 0.3) is 0 Å². The zero-order valence-electron chi connectivity index (χ0n) is 14.3. The Hall–Kier alpha value is -1.77. The predicted octanol–water partition coefficient (Wildman–Crippen LogP) is 2.67. The Labute approximate surface area is 157 Å². The molecule has 1 aliphatic carbocycles. The van der Waals surface area contributed by atoms with E-state index in [1.54, 1.807) is 28.0 Å². The summed E-state index contributed by atoms with van der Waals surface area (Å²) in [5.74, 6) is -0.198. The molecule has 1 spiro atoms. The van der Waals surface area contributed by atoms with Crippen molar-refractivity contribution in [2.45, 2.75) is 48.6 Å². The number of hydrogen-bond acceptors (Lipinski definition) is 5. The number of nitrogens with one attached hydrogen (secondary N) is 1. The predicted molar refractivity (Wildman–Crippen MR) is 101 cm³/mol. The zero-order valence-corrected chi connectivity index (χ0v) is 16.0. The van der Waals surface area contributed by atoms with E-state index < -0.39 is 10.0 Å². The number of aromatic nitrogens is 1. The van der Waals surface area contributed by atoms with Crippen LogP contribution in [0.4, 0.5) is 0 Å². The number of carbonyl (C=O) groups excluding carboxylic acids is 1. The highest BCUT2D eigenvalue weighted by molar-refractivity contribution is 7.89. The molecule has 138 valence electrons. The molecule has 1 unspecified atom stereocenters. The number of benzene rings is 1. The SMILES string of the molecule is C=CC(=O)NC1CCN(S(=O)(=O)c2ccc3ncsc3c2)C2(CCC2)C1. The highest BCUT2D eigenvalue weighted by Crippen LogP contribution is 2.47. The van der Waals surface area contributed by atoms with Crippen molar-refractivity contribution in [2.75, 3.05) is 6.54 Å². The average Bonchev–Trinajstić information content (AvgIpc) is 3.07. The van der Waals surface area contributed by atoms with Crippen molar-refractivity contribution in [2.24, 2.45) is 0 Å². The summed E-state index contributed by atoms with van der Waals surface area (Å²) in [5, 5.41) is 2.94. The van der Waals surface area contributed by atoms with E-state index in [2.05, 4.69) is 16.9 Å². The lowest BCUT2D eigenvalue weighted by molar-refractivity contribution is -0.117. The Morgan fingerprint density at radius 3 is 2.92 bits per heavy atom. The third kappa shape index (κ3) is 2.86. The molecule has 2 fully saturated rings. The van der Waals surface area contributed by atoms with Gasteiger partial charge in [0.05, 0.1) is 20.6 Å². The van der Waals surface area contributed by atoms with Gasteiger partial charge in [-0.2, -0.15) is 4.31 Å². The molecule has 0 radical (unpaired) electrons. The number of rotatable bonds is 4. The van der Waals surface area contributed by atoms with Crippen LogP contribution in [0.15, 0.2) is 41.3 Å². The highest BCUT2D eigenvalue weighted by atomic mass is 32.2. The van der Waals surface area contributed by atoms with Crippen molar-refractivity contribution in [1.82, 2.24) is 14.6 Å². The summed E-state index contributed by atoms with van der Waals surface area (Å²) >= 11 is 1.44. The van der Waals surface area contributed by atoms with Crippen molar-refractivity contribution in [3.63, 3.8) is 0 Å². The first-order valence-corrected chi connectivity index (χ1v) is 11.1. The number of thiazole rings is 1. The summed E-state index contributed by atoms with van der Waals surface area (Å²) in [7, 11) is -3.58. The smallest absolute Gasteiger partial charge is 0.243 e. The molecule has 0 bridgehead atoms. The van der Waals surface area contributed by atoms with Gasteiger partial charge in [0.15, 0.2) is 0 Å². The quantitative estimate of drug-likeness (QED) is 0.813. The van der Waals surface area contributed by atoms with Crippen LogP contribution >= 0.6 is 11.3 Å². The van der Waals surface area contributed by atoms with Crippen molar-refractivity contribution < 1.29 is 13.2 Å². The summed E-state index contributed by atoms with van der Waals surface area (Å²) in [4.78, 5) is 16.2. The van der Waals surface area contributed by atoms with E-state index in [0.717, 1.165) is 29.5 Å². The second kappa shape index (κ2) is 6.44. The number of sulfonamides is 1. The molecule has 1 aromatic heterocycles. The molecule has 2 aliphatic rings. The van der Waals surface area contributed by atoms with Gasteiger partial charge < -0.3 is 5.32 Å². The number of carbonyl (C=O) groups is 1. The number of fused-ring (bicyclic) bond motifs is 1. The van der Waals surface area contributed by atoms with Crippen molar-refractivity contribution in [1.29, 1.82) is 0 Å². The van der Waals surface area contributed by atoms with Crippen LogP contribution in [0.5, 0.6) is 0 Å². The van der Waals surface area contributed by atoms with Crippen LogP contribution < -0.4 is 5.32 Å². The first-order valence-electron chi connectivity index (χ1n) is 8.74. The van der Waals surface area contributed by atoms with Crippen LogP contribution in [0, 0.1) is 0 Å². The molecule has 1 amide bonds. The zero-order chi connectivity index (χ0) is 18.4. The van der Waals surface area contributed by atoms with Crippen molar-refractivity contribution >= 4 is 37.5 Å². The van der Waals surface area contributed by atoms with E-state index in [0.29, 0.717) is 24.3 Å². The number of nitrogens with zero attached hydrogens (tertiary/aromatic N) is 2. The monoisotopic (exact) mass is 391 g/mol. The second-order valence-electron chi connectivity index (χ2n) is 7.04. The Morgan fingerprint density at radius 2 is 2.23 bits per heavy atom. The van der Waals surface area contributed by atoms with Crippen LogP contribution in [0.2, 0.25) is 0 Å². The fourth-order valence-corrected chi connectivity index (χ4v) is 6.76. The lowest BCUT2D eigenvalue weighted by atomic mass is 9.70. The van der Waals surface area contributed by atoms with E-state index in [1.165, 1.54) is 17.4 Å². The van der Waals surface area contributed by atoms with Crippen LogP contribution in [-0.2, 0) is 14.8 Å². The van der Waals surface area contributed by atoms with Crippen molar-refractivity contribution in [3.05, 3.63) is 36.4 Å². The van der Waals surface area contributed by atoms with Gasteiger partial charge in [0.1, 0.15) is 0 Å². The fourth-order valence-electron chi connectivity index (χ4n) is 4.09. The maximum Gasteiger partial charge on any atom is 0.243 e. The molecule has 1 aromatic carbocycles. The maximum absolute atomic E-state index is 13.4. The Balaban J connectivity index is 1.63. The van der Waals surface area contributed by atoms with E-state index in [4.69, 9.17) is 0 Å². The molecule has 2 aromatic rings. The normalized spacial score (nSPS) is 22.8. The van der Waals surface area contributed by atoms with E-state index in [-0.39, 0.29) is 17.5 Å². The summed E-state index contributed by atoms with van der Waals surface area (Å²) in [5.41, 5.74) is 2.17. The highest BCUT2D eigenvalue weighted by Gasteiger charge is 2.51. The summed E-state index contributed by atoms with van der Waals surface area (Å²) < 4.78 is 29.3.